The summed E-state index contributed by atoms with van der Waals surface area (Å²) in [6.07, 6.45) is -27.6. The van der Waals surface area contributed by atoms with Gasteiger partial charge in [-0.05, 0) is 87.4 Å². The maximum Gasteiger partial charge on any atom is 0.438 e. The third-order valence-corrected chi connectivity index (χ3v) is 14.5. The topological polar surface area (TPSA) is 178 Å². The van der Waals surface area contributed by atoms with Gasteiger partial charge in [-0.15, -0.1) is 0 Å². The molecule has 0 amide bonds. The predicted molar refractivity (Wildman–Crippen MR) is 166 cm³/mol. The zero-order chi connectivity index (χ0) is 43.3. The van der Waals surface area contributed by atoms with Crippen LogP contribution in [0.15, 0.2) is 0 Å². The number of halogens is 12. The van der Waals surface area contributed by atoms with E-state index < -0.39 is 139 Å². The summed E-state index contributed by atoms with van der Waals surface area (Å²) < 4.78 is 240. The minimum absolute atomic E-state index is 0.0598. The van der Waals surface area contributed by atoms with Crippen molar-refractivity contribution >= 4 is 38.0 Å². The van der Waals surface area contributed by atoms with Crippen LogP contribution < -0.4 is 0 Å². The van der Waals surface area contributed by atoms with E-state index in [1.165, 1.54) is 0 Å². The number of hydrogen-bond donors (Lipinski definition) is 2. The van der Waals surface area contributed by atoms with E-state index >= 15 is 0 Å². The normalized spacial score (nSPS) is 32.6. The van der Waals surface area contributed by atoms with Crippen molar-refractivity contribution in [1.82, 2.24) is 0 Å². The smallest absolute Gasteiger partial charge is 0.438 e. The van der Waals surface area contributed by atoms with E-state index in [1.54, 1.807) is 0 Å². The van der Waals surface area contributed by atoms with Gasteiger partial charge in [0.25, 0.3) is 20.2 Å². The molecule has 0 aromatic rings. The Bertz CT molecular complexity index is 1800. The molecule has 0 heterocycles. The molecule has 6 saturated carbocycles. The molecule has 328 valence electrons. The molecule has 0 aromatic carbocycles. The fourth-order valence-electron chi connectivity index (χ4n) is 11.1. The van der Waals surface area contributed by atoms with Gasteiger partial charge in [0, 0.05) is 17.8 Å². The highest BCUT2D eigenvalue weighted by atomic mass is 32.2. The summed E-state index contributed by atoms with van der Waals surface area (Å²) in [6, 6.07) is 0. The molecule has 25 heteroatoms. The second kappa shape index (κ2) is 14.1. The molecule has 6 bridgehead atoms. The molecule has 6 fully saturated rings. The van der Waals surface area contributed by atoms with Gasteiger partial charge >= 0.3 is 47.8 Å². The lowest BCUT2D eigenvalue weighted by molar-refractivity contribution is -0.364. The molecule has 0 spiro atoms. The maximum atomic E-state index is 14.5. The molecule has 0 saturated heterocycles. The van der Waals surface area contributed by atoms with E-state index in [1.807, 2.05) is 0 Å². The van der Waals surface area contributed by atoms with Crippen LogP contribution in [0.3, 0.4) is 0 Å². The molecule has 6 aliphatic carbocycles. The van der Waals surface area contributed by atoms with Crippen molar-refractivity contribution in [3.63, 3.8) is 0 Å². The number of rotatable bonds is 12. The predicted octanol–water partition coefficient (Wildman–Crippen LogP) is 7.10. The van der Waals surface area contributed by atoms with Gasteiger partial charge in [0.05, 0.1) is 5.41 Å². The van der Waals surface area contributed by atoms with Crippen LogP contribution in [0.4, 0.5) is 52.7 Å². The molecule has 57 heavy (non-hydrogen) atoms. The van der Waals surface area contributed by atoms with Gasteiger partial charge in [0.1, 0.15) is 17.3 Å². The molecule has 6 rings (SSSR count). The van der Waals surface area contributed by atoms with Crippen LogP contribution in [-0.2, 0) is 44.1 Å². The highest BCUT2D eigenvalue weighted by Crippen LogP contribution is 2.73. The minimum Gasteiger partial charge on any atom is -0.438 e. The quantitative estimate of drug-likeness (QED) is 0.116. The van der Waals surface area contributed by atoms with Crippen LogP contribution in [0.25, 0.3) is 0 Å². The lowest BCUT2D eigenvalue weighted by Gasteiger charge is -2.67. The van der Waals surface area contributed by atoms with Crippen molar-refractivity contribution in [1.29, 1.82) is 0 Å². The number of esters is 2. The number of fused-ring (bicyclic) bond motifs is 2. The van der Waals surface area contributed by atoms with Crippen molar-refractivity contribution < 1.29 is 102 Å². The monoisotopic (exact) mass is 890 g/mol. The van der Waals surface area contributed by atoms with E-state index in [2.05, 4.69) is 9.47 Å². The highest BCUT2D eigenvalue weighted by Gasteiger charge is 2.79. The molecule has 6 unspecified atom stereocenters. The Balaban J connectivity index is 1.52. The van der Waals surface area contributed by atoms with Crippen LogP contribution in [-0.4, -0.2) is 91.1 Å². The van der Waals surface area contributed by atoms with Gasteiger partial charge in [-0.1, -0.05) is 19.3 Å². The van der Waals surface area contributed by atoms with Crippen LogP contribution in [0.5, 0.6) is 0 Å². The summed E-state index contributed by atoms with van der Waals surface area (Å²) in [7, 11) is -12.2. The Labute approximate surface area is 317 Å². The van der Waals surface area contributed by atoms with Gasteiger partial charge in [-0.3, -0.25) is 23.5 Å². The molecule has 0 aromatic heterocycles. The molecule has 11 nitrogen and oxygen atoms in total. The van der Waals surface area contributed by atoms with Crippen LogP contribution in [0.1, 0.15) is 89.9 Å². The Hall–Kier alpha value is -2.41. The van der Waals surface area contributed by atoms with Crippen molar-refractivity contribution in [2.45, 2.75) is 126 Å². The average molecular weight is 891 g/mol. The van der Waals surface area contributed by atoms with Crippen molar-refractivity contribution in [3.8, 4) is 0 Å². The van der Waals surface area contributed by atoms with Gasteiger partial charge in [-0.2, -0.15) is 69.5 Å². The number of carbonyl (C=O) groups excluding carboxylic acids is 3. The van der Waals surface area contributed by atoms with E-state index in [-0.39, 0.29) is 50.4 Å². The number of alkyl halides is 12. The Morgan fingerprint density at radius 3 is 1.60 bits per heavy atom. The standard InChI is InChI=1S/C32H38F12O11S2/c33-29(34,35)27(30(36,37)38,15-56(48,49)50)54-21(45)5-2-6-25(10-17-3-1-4-18(7-17)11-25)26-12-19-8-20(22(26)46)13-24(9-19,14-26)23(47)55-28(31(39,40)41,32(42,43)44)16-57(51,52)53/h17-20H,1-16H2,(H,48,49,50)(H,51,52,53). The van der Waals surface area contributed by atoms with Crippen LogP contribution >= 0.6 is 0 Å². The maximum absolute atomic E-state index is 14.5. The first-order valence-electron chi connectivity index (χ1n) is 17.7. The summed E-state index contributed by atoms with van der Waals surface area (Å²) in [4.78, 5) is 41.1. The summed E-state index contributed by atoms with van der Waals surface area (Å²) >= 11 is 0. The zero-order valence-corrected chi connectivity index (χ0v) is 31.2. The molecular formula is C32H38F12O11S2. The lowest BCUT2D eigenvalue weighted by Crippen LogP contribution is -2.69. The van der Waals surface area contributed by atoms with Gasteiger partial charge < -0.3 is 9.47 Å². The molecule has 0 radical (unpaired) electrons. The van der Waals surface area contributed by atoms with Crippen molar-refractivity contribution in [2.24, 2.45) is 39.9 Å². The van der Waals surface area contributed by atoms with Crippen molar-refractivity contribution in [2.75, 3.05) is 11.5 Å². The van der Waals surface area contributed by atoms with Crippen molar-refractivity contribution in [3.05, 3.63) is 0 Å². The third kappa shape index (κ3) is 8.11. The minimum atomic E-state index is -6.64. The largest absolute Gasteiger partial charge is 0.438 e. The Kier molecular flexibility index (Phi) is 11.3. The van der Waals surface area contributed by atoms with E-state index in [0.29, 0.717) is 19.3 Å². The summed E-state index contributed by atoms with van der Waals surface area (Å²) in [5.41, 5.74) is -16.8. The SMILES string of the molecule is O=C(CCCC1(C23CC4CC(CC(C(=O)OC(CS(=O)(=O)O)(C(F)(F)F)C(F)(F)F)(C4)C2)C3=O)CC2CCCC(C2)C1)OC(CS(=O)(=O)O)(C(F)(F)F)C(F)(F)F. The molecule has 6 atom stereocenters. The second-order valence-corrected chi connectivity index (χ2v) is 19.6. The first-order valence-corrected chi connectivity index (χ1v) is 20.9. The first-order chi connectivity index (χ1) is 25.6. The first kappa shape index (κ1) is 45.7. The second-order valence-electron chi connectivity index (χ2n) is 16.7. The van der Waals surface area contributed by atoms with E-state index in [0.717, 1.165) is 6.42 Å². The number of ether oxygens (including phenoxy) is 2. The third-order valence-electron chi connectivity index (χ3n) is 12.9. The fraction of sp³-hybridized carbons (Fsp3) is 0.906. The highest BCUT2D eigenvalue weighted by molar-refractivity contribution is 7.86. The summed E-state index contributed by atoms with van der Waals surface area (Å²) in [6.45, 7) is 0. The fourth-order valence-corrected chi connectivity index (χ4v) is 12.9. The van der Waals surface area contributed by atoms with E-state index in [9.17, 15) is 83.9 Å². The van der Waals surface area contributed by atoms with Gasteiger partial charge in [0.15, 0.2) is 0 Å². The molecule has 6 aliphatic rings. The number of carbonyl (C=O) groups is 3. The Morgan fingerprint density at radius 1 is 0.667 bits per heavy atom. The average Bonchev–Trinajstić information content (AvgIpc) is 2.98. The molecule has 0 aliphatic heterocycles. The van der Waals surface area contributed by atoms with Crippen LogP contribution in [0.2, 0.25) is 0 Å². The Morgan fingerprint density at radius 2 is 1.14 bits per heavy atom. The van der Waals surface area contributed by atoms with Crippen LogP contribution in [0, 0.1) is 39.9 Å². The van der Waals surface area contributed by atoms with Gasteiger partial charge in [-0.25, -0.2) is 0 Å². The van der Waals surface area contributed by atoms with E-state index in [4.69, 9.17) is 9.11 Å². The lowest BCUT2D eigenvalue weighted by atomic mass is 9.35. The molecular weight excluding hydrogens is 852 g/mol. The van der Waals surface area contributed by atoms with Gasteiger partial charge in [0.2, 0.25) is 0 Å². The number of Topliss-reactive ketones (excluding diaryl/α,β-unsaturated/α-hetero) is 1. The summed E-state index contributed by atoms with van der Waals surface area (Å²) in [5, 5.41) is 0. The molecule has 2 N–H and O–H groups in total. The number of ketones is 1. The number of hydrogen-bond acceptors (Lipinski definition) is 9. The summed E-state index contributed by atoms with van der Waals surface area (Å²) in [5.74, 6) is -13.3. The zero-order valence-electron chi connectivity index (χ0n) is 29.5.